The Labute approximate surface area is 137 Å². The molecule has 0 bridgehead atoms. The highest BCUT2D eigenvalue weighted by Crippen LogP contribution is 2.56. The van der Waals surface area contributed by atoms with Crippen molar-refractivity contribution < 1.29 is 30.4 Å². The van der Waals surface area contributed by atoms with E-state index < -0.39 is 23.2 Å². The summed E-state index contributed by atoms with van der Waals surface area (Å²) in [5, 5.41) is 0.793. The molecule has 1 fully saturated rings. The number of alkyl halides is 3. The maximum atomic E-state index is 13.4. The van der Waals surface area contributed by atoms with Crippen molar-refractivity contribution in [3.8, 4) is 0 Å². The lowest BCUT2D eigenvalue weighted by Gasteiger charge is -2.21. The number of halogens is 7. The number of thiophene rings is 1. The Morgan fingerprint density at radius 2 is 1.67 bits per heavy atom. The van der Waals surface area contributed by atoms with Crippen LogP contribution in [0.15, 0.2) is 24.3 Å². The molecule has 1 unspecified atom stereocenters. The van der Waals surface area contributed by atoms with Gasteiger partial charge in [0.05, 0.1) is 10.5 Å². The summed E-state index contributed by atoms with van der Waals surface area (Å²) in [4.78, 5) is 0.627. The maximum absolute atomic E-state index is 13.4. The highest BCUT2D eigenvalue weighted by atomic mass is 32.2. The Bertz CT molecular complexity index is 692. The summed E-state index contributed by atoms with van der Waals surface area (Å²) in [6, 6.07) is 7.26. The van der Waals surface area contributed by atoms with Crippen LogP contribution < -0.4 is 0 Å². The van der Waals surface area contributed by atoms with Crippen molar-refractivity contribution in [3.63, 3.8) is 0 Å². The highest BCUT2D eigenvalue weighted by Gasteiger charge is 2.50. The molecule has 9 heteroatoms. The Balaban J connectivity index is 0.000000368. The maximum Gasteiger partial charge on any atom is 0.673 e. The van der Waals surface area contributed by atoms with Crippen LogP contribution in [0.25, 0.3) is 10.1 Å². The molecule has 1 aromatic carbocycles. The van der Waals surface area contributed by atoms with Crippen LogP contribution in [0.1, 0.15) is 42.5 Å². The third-order valence-electron chi connectivity index (χ3n) is 3.97. The number of benzene rings is 1. The van der Waals surface area contributed by atoms with Gasteiger partial charge < -0.3 is 17.3 Å². The third kappa shape index (κ3) is 4.65. The average Bonchev–Trinajstić information content (AvgIpc) is 2.71. The monoisotopic (exact) mass is 372 g/mol. The molecule has 24 heavy (non-hydrogen) atoms. The molecule has 0 amide bonds. The van der Waals surface area contributed by atoms with Gasteiger partial charge in [-0.25, -0.2) is 0 Å². The van der Waals surface area contributed by atoms with Crippen molar-refractivity contribution in [2.75, 3.05) is 0 Å². The summed E-state index contributed by atoms with van der Waals surface area (Å²) in [7, 11) is -7.69. The fraction of sp³-hybridized carbons (Fsp3) is 0.467. The summed E-state index contributed by atoms with van der Waals surface area (Å²) in [6.45, 7) is 2.02. The van der Waals surface area contributed by atoms with Gasteiger partial charge in [0.15, 0.2) is 9.58 Å². The van der Waals surface area contributed by atoms with Crippen molar-refractivity contribution in [2.24, 2.45) is 0 Å². The second-order valence-electron chi connectivity index (χ2n) is 5.65. The summed E-state index contributed by atoms with van der Waals surface area (Å²) in [5.41, 5.74) is -3.03. The largest absolute Gasteiger partial charge is 0.673 e. The topological polar surface area (TPSA) is 0 Å². The molecule has 1 atom stereocenters. The minimum atomic E-state index is -6.00. The zero-order valence-electron chi connectivity index (χ0n) is 12.8. The van der Waals surface area contributed by atoms with Gasteiger partial charge in [-0.05, 0) is 37.0 Å². The second-order valence-corrected chi connectivity index (χ2v) is 7.63. The fourth-order valence-electron chi connectivity index (χ4n) is 2.69. The molecule has 0 saturated heterocycles. The van der Waals surface area contributed by atoms with Crippen LogP contribution in [0, 0.1) is 0 Å². The summed E-state index contributed by atoms with van der Waals surface area (Å²) in [6.07, 6.45) is 3.76. The third-order valence-corrected chi connectivity index (χ3v) is 6.17. The zero-order chi connectivity index (χ0) is 18.1. The molecule has 2 aromatic rings. The Kier molecular flexibility index (Phi) is 5.52. The Hall–Kier alpha value is -1.25. The standard InChI is InChI=1S/C15H16F3S.BF4/c1-2-10-6-7-13-12(8-10)9-14(11-4-3-5-11)19(13)15(16,17)18;2-1(3,4)5/h6-9,11H,2-5H2,1H3;/q+1;-1. The van der Waals surface area contributed by atoms with E-state index in [4.69, 9.17) is 0 Å². The molecule has 3 rings (SSSR count). The molecule has 1 aromatic heterocycles. The van der Waals surface area contributed by atoms with E-state index >= 15 is 0 Å². The fourth-order valence-corrected chi connectivity index (χ4v) is 4.83. The van der Waals surface area contributed by atoms with Crippen molar-refractivity contribution in [1.82, 2.24) is 0 Å². The molecule has 0 aliphatic heterocycles. The van der Waals surface area contributed by atoms with Gasteiger partial charge in [-0.3, -0.25) is 0 Å². The molecule has 0 N–H and O–H groups in total. The second kappa shape index (κ2) is 6.94. The first-order valence-electron chi connectivity index (χ1n) is 7.53. The number of fused-ring (bicyclic) bond motifs is 1. The van der Waals surface area contributed by atoms with E-state index in [2.05, 4.69) is 0 Å². The van der Waals surface area contributed by atoms with Crippen LogP contribution in [0.3, 0.4) is 0 Å². The SMILES string of the molecule is CCc1ccc2c(c1)cc(C1CCC1)[s+]2C(F)(F)F.F[B-](F)(F)F. The zero-order valence-corrected chi connectivity index (χ0v) is 13.7. The highest BCUT2D eigenvalue weighted by molar-refractivity contribution is 7.38. The van der Waals surface area contributed by atoms with Crippen LogP contribution in [0.4, 0.5) is 30.4 Å². The minimum Gasteiger partial charge on any atom is -0.418 e. The Morgan fingerprint density at radius 3 is 2.08 bits per heavy atom. The molecule has 0 nitrogen and oxygen atoms in total. The predicted octanol–water partition coefficient (Wildman–Crippen LogP) is 7.20. The predicted molar refractivity (Wildman–Crippen MR) is 83.9 cm³/mol. The van der Waals surface area contributed by atoms with E-state index in [0.717, 1.165) is 36.6 Å². The molecule has 0 radical (unpaired) electrons. The smallest absolute Gasteiger partial charge is 0.418 e. The minimum absolute atomic E-state index is 0.155. The Morgan fingerprint density at radius 1 is 1.08 bits per heavy atom. The van der Waals surface area contributed by atoms with E-state index in [1.807, 2.05) is 25.1 Å². The average molecular weight is 372 g/mol. The molecule has 1 saturated carbocycles. The van der Waals surface area contributed by atoms with Gasteiger partial charge in [0.25, 0.3) is 0 Å². The van der Waals surface area contributed by atoms with E-state index in [1.54, 1.807) is 6.07 Å². The summed E-state index contributed by atoms with van der Waals surface area (Å²) >= 11 is 0. The van der Waals surface area contributed by atoms with Crippen molar-refractivity contribution in [2.45, 2.75) is 44.0 Å². The molecule has 1 aliphatic carbocycles. The lowest BCUT2D eigenvalue weighted by molar-refractivity contribution is -0.0868. The molecule has 134 valence electrons. The van der Waals surface area contributed by atoms with Gasteiger partial charge >= 0.3 is 12.8 Å². The van der Waals surface area contributed by atoms with Crippen molar-refractivity contribution in [3.05, 3.63) is 34.7 Å². The van der Waals surface area contributed by atoms with Gasteiger partial charge in [0.2, 0.25) is 0 Å². The van der Waals surface area contributed by atoms with Crippen LogP contribution in [0.2, 0.25) is 0 Å². The van der Waals surface area contributed by atoms with E-state index in [9.17, 15) is 30.4 Å². The molecule has 1 aliphatic rings. The molecule has 0 spiro atoms. The lowest BCUT2D eigenvalue weighted by Crippen LogP contribution is -2.10. The first-order chi connectivity index (χ1) is 11.0. The summed E-state index contributed by atoms with van der Waals surface area (Å²) in [5.74, 6) is 0.155. The normalized spacial score (nSPS) is 16.6. The van der Waals surface area contributed by atoms with Crippen LogP contribution >= 0.6 is 10.5 Å². The number of rotatable bonds is 2. The number of hydrogen-bond donors (Lipinski definition) is 0. The number of hydrogen-bond acceptors (Lipinski definition) is 0. The molecule has 1 heterocycles. The van der Waals surface area contributed by atoms with Gasteiger partial charge in [0.1, 0.15) is 0 Å². The molecular formula is C15H16BF7S. The lowest BCUT2D eigenvalue weighted by atomic mass is 9.84. The summed E-state index contributed by atoms with van der Waals surface area (Å²) < 4.78 is 79.6. The first kappa shape index (κ1) is 19.1. The van der Waals surface area contributed by atoms with Gasteiger partial charge in [-0.15, -0.1) is 13.2 Å². The van der Waals surface area contributed by atoms with Gasteiger partial charge in [-0.1, -0.05) is 19.4 Å². The van der Waals surface area contributed by atoms with E-state index in [-0.39, 0.29) is 5.92 Å². The van der Waals surface area contributed by atoms with Crippen LogP contribution in [0.5, 0.6) is 0 Å². The number of aryl methyl sites for hydroxylation is 1. The first-order valence-corrected chi connectivity index (χ1v) is 8.76. The van der Waals surface area contributed by atoms with Gasteiger partial charge in [-0.2, -0.15) is 0 Å². The van der Waals surface area contributed by atoms with E-state index in [0.29, 0.717) is 9.58 Å². The van der Waals surface area contributed by atoms with Gasteiger partial charge in [0, 0.05) is 17.4 Å². The van der Waals surface area contributed by atoms with Crippen molar-refractivity contribution >= 4 is 27.8 Å². The van der Waals surface area contributed by atoms with Crippen LogP contribution in [-0.2, 0) is 11.9 Å². The molecular weight excluding hydrogens is 356 g/mol. The van der Waals surface area contributed by atoms with Crippen molar-refractivity contribution in [1.29, 1.82) is 0 Å². The quantitative estimate of drug-likeness (QED) is 0.297. The van der Waals surface area contributed by atoms with Crippen LogP contribution in [-0.4, -0.2) is 7.25 Å². The van der Waals surface area contributed by atoms with E-state index in [1.165, 1.54) is 0 Å².